The minimum atomic E-state index is -1.80. The quantitative estimate of drug-likeness (QED) is 0.632. The van der Waals surface area contributed by atoms with Gasteiger partial charge in [0.05, 0.1) is 6.61 Å². The highest BCUT2D eigenvalue weighted by atomic mass is 28.4. The molecular formula is C13H23NO3Si. The summed E-state index contributed by atoms with van der Waals surface area (Å²) in [6.45, 7) is 13.1. The number of hydrogen-bond acceptors (Lipinski definition) is 3. The maximum Gasteiger partial charge on any atom is 0.408 e. The maximum absolute atomic E-state index is 11.2. The number of hydrogen-bond donors (Lipinski definition) is 1. The lowest BCUT2D eigenvalue weighted by atomic mass is 10.2. The fourth-order valence-corrected chi connectivity index (χ4v) is 2.40. The Morgan fingerprint density at radius 3 is 2.56 bits per heavy atom. The van der Waals surface area contributed by atoms with E-state index in [9.17, 15) is 4.79 Å². The molecule has 0 spiro atoms. The van der Waals surface area contributed by atoms with Gasteiger partial charge < -0.3 is 14.5 Å². The number of rotatable bonds is 3. The summed E-state index contributed by atoms with van der Waals surface area (Å²) in [5.41, 5.74) is 0. The molecule has 1 fully saturated rings. The van der Waals surface area contributed by atoms with Crippen molar-refractivity contribution in [3.63, 3.8) is 0 Å². The average molecular weight is 269 g/mol. The van der Waals surface area contributed by atoms with Crippen LogP contribution in [-0.2, 0) is 9.16 Å². The van der Waals surface area contributed by atoms with Crippen molar-refractivity contribution < 1.29 is 14.0 Å². The van der Waals surface area contributed by atoms with E-state index in [4.69, 9.17) is 9.16 Å². The first-order chi connectivity index (χ1) is 8.17. The Labute approximate surface area is 111 Å². The second kappa shape index (κ2) is 5.33. The zero-order valence-electron chi connectivity index (χ0n) is 12.1. The van der Waals surface area contributed by atoms with Gasteiger partial charge in [0, 0.05) is 0 Å². The lowest BCUT2D eigenvalue weighted by molar-refractivity contribution is 0.148. The van der Waals surface area contributed by atoms with Gasteiger partial charge in [0.15, 0.2) is 14.4 Å². The van der Waals surface area contributed by atoms with Crippen LogP contribution in [0.1, 0.15) is 27.7 Å². The summed E-state index contributed by atoms with van der Waals surface area (Å²) in [5, 5.41) is 2.90. The van der Waals surface area contributed by atoms with Crippen LogP contribution in [0.3, 0.4) is 0 Å². The van der Waals surface area contributed by atoms with Crippen LogP contribution in [0.25, 0.3) is 0 Å². The molecule has 0 saturated carbocycles. The van der Waals surface area contributed by atoms with Crippen molar-refractivity contribution in [2.24, 2.45) is 0 Å². The van der Waals surface area contributed by atoms with Crippen LogP contribution in [0, 0.1) is 11.8 Å². The van der Waals surface area contributed by atoms with Crippen LogP contribution in [0.2, 0.25) is 18.1 Å². The third kappa shape index (κ3) is 3.50. The topological polar surface area (TPSA) is 47.6 Å². The molecule has 1 rings (SSSR count). The Balaban J connectivity index is 2.62. The molecule has 0 aromatic rings. The van der Waals surface area contributed by atoms with E-state index in [0.29, 0.717) is 6.61 Å². The average Bonchev–Trinajstić information content (AvgIpc) is 2.55. The molecule has 0 aromatic carbocycles. The van der Waals surface area contributed by atoms with Gasteiger partial charge in [0.1, 0.15) is 6.04 Å². The molecule has 1 saturated heterocycles. The smallest absolute Gasteiger partial charge is 0.408 e. The minimum absolute atomic E-state index is 0.155. The molecule has 18 heavy (non-hydrogen) atoms. The number of amides is 1. The largest absolute Gasteiger partial charge is 0.431 e. The van der Waals surface area contributed by atoms with Crippen LogP contribution in [0.5, 0.6) is 0 Å². The number of cyclic esters (lactones) is 1. The number of ether oxygens (including phenoxy) is 1. The Kier molecular flexibility index (Phi) is 4.46. The summed E-state index contributed by atoms with van der Waals surface area (Å²) in [5.74, 6) is 5.66. The third-order valence-electron chi connectivity index (χ3n) is 3.62. The Morgan fingerprint density at radius 2 is 2.06 bits per heavy atom. The monoisotopic (exact) mass is 269 g/mol. The molecule has 2 atom stereocenters. The molecule has 1 aliphatic heterocycles. The van der Waals surface area contributed by atoms with E-state index in [1.54, 1.807) is 6.92 Å². The molecule has 102 valence electrons. The molecule has 4 nitrogen and oxygen atoms in total. The first kappa shape index (κ1) is 15.1. The van der Waals surface area contributed by atoms with Gasteiger partial charge in [-0.05, 0) is 25.1 Å². The zero-order chi connectivity index (χ0) is 14.0. The third-order valence-corrected chi connectivity index (χ3v) is 8.12. The highest BCUT2D eigenvalue weighted by Crippen LogP contribution is 2.36. The first-order valence-corrected chi connectivity index (χ1v) is 9.11. The lowest BCUT2D eigenvalue weighted by Gasteiger charge is -2.36. The van der Waals surface area contributed by atoms with Gasteiger partial charge in [-0.2, -0.15) is 0 Å². The van der Waals surface area contributed by atoms with Crippen molar-refractivity contribution >= 4 is 14.4 Å². The van der Waals surface area contributed by atoms with E-state index in [1.807, 2.05) is 0 Å². The highest BCUT2D eigenvalue weighted by Gasteiger charge is 2.40. The Morgan fingerprint density at radius 1 is 1.44 bits per heavy atom. The first-order valence-electron chi connectivity index (χ1n) is 6.21. The summed E-state index contributed by atoms with van der Waals surface area (Å²) < 4.78 is 11.2. The SMILES string of the molecule is CC#CC1OC(=O)N[C@H]1CO[Si](C)(C)C(C)(C)C. The summed E-state index contributed by atoms with van der Waals surface area (Å²) in [6.07, 6.45) is -0.807. The van der Waals surface area contributed by atoms with Gasteiger partial charge in [-0.3, -0.25) is 0 Å². The fraction of sp³-hybridized carbons (Fsp3) is 0.769. The molecule has 0 aliphatic carbocycles. The molecule has 1 aliphatic rings. The lowest BCUT2D eigenvalue weighted by Crippen LogP contribution is -2.46. The molecule has 0 aromatic heterocycles. The minimum Gasteiger partial charge on any atom is -0.431 e. The standard InChI is InChI=1S/C13H23NO3Si/c1-7-8-11-10(14-12(15)17-11)9-16-18(5,6)13(2,3)4/h10-11H,9H2,1-6H3,(H,14,15)/t10-,11?/m0/s1. The van der Waals surface area contributed by atoms with Crippen LogP contribution < -0.4 is 5.32 Å². The van der Waals surface area contributed by atoms with Crippen LogP contribution in [0.15, 0.2) is 0 Å². The van der Waals surface area contributed by atoms with Crippen molar-refractivity contribution in [3.05, 3.63) is 0 Å². The van der Waals surface area contributed by atoms with Crippen molar-refractivity contribution in [1.82, 2.24) is 5.32 Å². The molecule has 1 unspecified atom stereocenters. The van der Waals surface area contributed by atoms with Crippen molar-refractivity contribution in [2.45, 2.75) is 58.0 Å². The Hall–Kier alpha value is -0.993. The van der Waals surface area contributed by atoms with Crippen molar-refractivity contribution in [2.75, 3.05) is 6.61 Å². The second-order valence-electron chi connectivity index (χ2n) is 6.04. The van der Waals surface area contributed by atoms with E-state index in [2.05, 4.69) is 51.0 Å². The van der Waals surface area contributed by atoms with Crippen LogP contribution >= 0.6 is 0 Å². The zero-order valence-corrected chi connectivity index (χ0v) is 13.1. The summed E-state index contributed by atoms with van der Waals surface area (Å²) in [6, 6.07) is -0.168. The van der Waals surface area contributed by atoms with Gasteiger partial charge in [0.2, 0.25) is 0 Å². The fourth-order valence-electron chi connectivity index (χ4n) is 1.37. The van der Waals surface area contributed by atoms with Crippen molar-refractivity contribution in [1.29, 1.82) is 0 Å². The van der Waals surface area contributed by atoms with E-state index < -0.39 is 20.5 Å². The summed E-state index contributed by atoms with van der Waals surface area (Å²) in [4.78, 5) is 11.2. The molecule has 0 radical (unpaired) electrons. The van der Waals surface area contributed by atoms with Gasteiger partial charge >= 0.3 is 6.09 Å². The maximum atomic E-state index is 11.2. The van der Waals surface area contributed by atoms with Gasteiger partial charge in [0.25, 0.3) is 0 Å². The predicted molar refractivity (Wildman–Crippen MR) is 73.8 cm³/mol. The summed E-state index contributed by atoms with van der Waals surface area (Å²) >= 11 is 0. The number of alkyl carbamates (subject to hydrolysis) is 1. The predicted octanol–water partition coefficient (Wildman–Crippen LogP) is 2.51. The van der Waals surface area contributed by atoms with Crippen molar-refractivity contribution in [3.8, 4) is 11.8 Å². The van der Waals surface area contributed by atoms with Crippen LogP contribution in [0.4, 0.5) is 4.79 Å². The highest BCUT2D eigenvalue weighted by molar-refractivity contribution is 6.74. The molecule has 0 bridgehead atoms. The number of carbonyl (C=O) groups excluding carboxylic acids is 1. The Bertz CT molecular complexity index is 376. The van der Waals surface area contributed by atoms with Crippen LogP contribution in [-0.4, -0.2) is 33.2 Å². The van der Waals surface area contributed by atoms with E-state index >= 15 is 0 Å². The molecule has 1 heterocycles. The molecule has 1 N–H and O–H groups in total. The van der Waals surface area contributed by atoms with E-state index in [-0.39, 0.29) is 11.1 Å². The van der Waals surface area contributed by atoms with Gasteiger partial charge in [-0.25, -0.2) is 4.79 Å². The number of carbonyl (C=O) groups is 1. The molecule has 1 amide bonds. The van der Waals surface area contributed by atoms with E-state index in [0.717, 1.165) is 0 Å². The second-order valence-corrected chi connectivity index (χ2v) is 10.9. The number of nitrogens with one attached hydrogen (secondary N) is 1. The molecule has 5 heteroatoms. The normalized spacial score (nSPS) is 24.0. The summed E-state index contributed by atoms with van der Waals surface area (Å²) in [7, 11) is -1.80. The molecular weight excluding hydrogens is 246 g/mol. The van der Waals surface area contributed by atoms with Gasteiger partial charge in [-0.15, -0.1) is 5.92 Å². The van der Waals surface area contributed by atoms with Gasteiger partial charge in [-0.1, -0.05) is 26.7 Å². The van der Waals surface area contributed by atoms with E-state index in [1.165, 1.54) is 0 Å².